The highest BCUT2D eigenvalue weighted by Crippen LogP contribution is 2.44. The fraction of sp³-hybridized carbons (Fsp3) is 0.786. The van der Waals surface area contributed by atoms with Crippen molar-refractivity contribution >= 4 is 5.78 Å². The lowest BCUT2D eigenvalue weighted by Crippen LogP contribution is -2.24. The van der Waals surface area contributed by atoms with E-state index in [1.54, 1.807) is 0 Å². The zero-order valence-electron chi connectivity index (χ0n) is 10.00. The molecule has 1 heterocycles. The minimum atomic E-state index is 0.289. The van der Waals surface area contributed by atoms with Gasteiger partial charge in [0.05, 0.1) is 12.7 Å². The van der Waals surface area contributed by atoms with Gasteiger partial charge in [0.25, 0.3) is 0 Å². The maximum atomic E-state index is 11.7. The Labute approximate surface area is 97.1 Å². The fourth-order valence-electron chi connectivity index (χ4n) is 3.68. The Kier molecular flexibility index (Phi) is 2.62. The van der Waals surface area contributed by atoms with Crippen LogP contribution in [-0.2, 0) is 9.53 Å². The summed E-state index contributed by atoms with van der Waals surface area (Å²) in [4.78, 5) is 11.7. The summed E-state index contributed by atoms with van der Waals surface area (Å²) in [6, 6.07) is 0. The first-order valence-electron chi connectivity index (χ1n) is 6.63. The van der Waals surface area contributed by atoms with Gasteiger partial charge >= 0.3 is 0 Å². The summed E-state index contributed by atoms with van der Waals surface area (Å²) in [6.45, 7) is 2.79. The highest BCUT2D eigenvalue weighted by atomic mass is 16.5. The number of carbonyl (C=O) groups is 1. The van der Waals surface area contributed by atoms with Gasteiger partial charge in [-0.25, -0.2) is 0 Å². The molecule has 1 saturated carbocycles. The molecule has 0 radical (unpaired) electrons. The number of allylic oxidation sites excluding steroid dienone is 1. The fourth-order valence-corrected chi connectivity index (χ4v) is 3.68. The van der Waals surface area contributed by atoms with Crippen molar-refractivity contribution in [2.75, 3.05) is 6.61 Å². The van der Waals surface area contributed by atoms with Crippen molar-refractivity contribution in [3.05, 3.63) is 11.1 Å². The molecule has 0 N–H and O–H groups in total. The van der Waals surface area contributed by atoms with Crippen LogP contribution in [0.4, 0.5) is 0 Å². The first-order valence-corrected chi connectivity index (χ1v) is 6.63. The molecule has 1 aliphatic heterocycles. The molecule has 2 aliphatic carbocycles. The third-order valence-electron chi connectivity index (χ3n) is 4.58. The van der Waals surface area contributed by atoms with Gasteiger partial charge in [-0.05, 0) is 36.8 Å². The number of Topliss-reactive ketones (excluding diaryl/α,β-unsaturated/α-hetero) is 1. The molecule has 2 atom stereocenters. The smallest absolute Gasteiger partial charge is 0.159 e. The molecule has 2 heteroatoms. The molecule has 3 aliphatic rings. The summed E-state index contributed by atoms with van der Waals surface area (Å²) in [5.41, 5.74) is 2.40. The Morgan fingerprint density at radius 2 is 1.94 bits per heavy atom. The lowest BCUT2D eigenvalue weighted by Gasteiger charge is -2.28. The second-order valence-electron chi connectivity index (χ2n) is 5.56. The normalized spacial score (nSPS) is 35.9. The average molecular weight is 220 g/mol. The van der Waals surface area contributed by atoms with E-state index >= 15 is 0 Å². The summed E-state index contributed by atoms with van der Waals surface area (Å²) in [5.74, 6) is 1.48. The van der Waals surface area contributed by atoms with Gasteiger partial charge in [0.15, 0.2) is 5.78 Å². The van der Waals surface area contributed by atoms with Gasteiger partial charge in [-0.15, -0.1) is 0 Å². The minimum Gasteiger partial charge on any atom is -0.373 e. The third kappa shape index (κ3) is 1.55. The number of ketones is 1. The number of rotatable bonds is 1. The molecular weight excluding hydrogens is 200 g/mol. The predicted molar refractivity (Wildman–Crippen MR) is 62.1 cm³/mol. The molecule has 88 valence electrons. The van der Waals surface area contributed by atoms with E-state index in [1.807, 2.05) is 6.92 Å². The highest BCUT2D eigenvalue weighted by Gasteiger charge is 2.43. The summed E-state index contributed by atoms with van der Waals surface area (Å²) in [7, 11) is 0. The number of hydrogen-bond acceptors (Lipinski definition) is 2. The molecule has 2 fully saturated rings. The van der Waals surface area contributed by atoms with E-state index in [0.717, 1.165) is 12.2 Å². The highest BCUT2D eigenvalue weighted by molar-refractivity contribution is 5.99. The van der Waals surface area contributed by atoms with Crippen molar-refractivity contribution in [3.8, 4) is 0 Å². The first kappa shape index (κ1) is 10.5. The van der Waals surface area contributed by atoms with Crippen LogP contribution in [0.2, 0.25) is 0 Å². The van der Waals surface area contributed by atoms with Gasteiger partial charge in [-0.2, -0.15) is 0 Å². The average Bonchev–Trinajstić information content (AvgIpc) is 2.83. The Morgan fingerprint density at radius 3 is 2.69 bits per heavy atom. The van der Waals surface area contributed by atoms with Gasteiger partial charge in [0.2, 0.25) is 0 Å². The molecule has 0 amide bonds. The Bertz CT molecular complexity index is 337. The SMILES string of the molecule is CC1=C2[C@@H](CO[C@H]2C2CCCCC2)CC1=O. The van der Waals surface area contributed by atoms with Gasteiger partial charge < -0.3 is 4.74 Å². The number of carbonyl (C=O) groups excluding carboxylic acids is 1. The van der Waals surface area contributed by atoms with E-state index in [-0.39, 0.29) is 6.10 Å². The Balaban J connectivity index is 1.83. The molecule has 0 unspecified atom stereocenters. The summed E-state index contributed by atoms with van der Waals surface area (Å²) < 4.78 is 5.97. The van der Waals surface area contributed by atoms with Crippen LogP contribution in [0.15, 0.2) is 11.1 Å². The predicted octanol–water partition coefficient (Wildman–Crippen LogP) is 2.87. The first-order chi connectivity index (χ1) is 7.77. The van der Waals surface area contributed by atoms with Gasteiger partial charge in [0.1, 0.15) is 0 Å². The standard InChI is InChI=1S/C14H20O2/c1-9-12(15)7-11-8-16-14(13(9)11)10-5-3-2-4-6-10/h10-11,14H,2-8H2,1H3/t11-,14+/m1/s1. The third-order valence-corrected chi connectivity index (χ3v) is 4.58. The van der Waals surface area contributed by atoms with Gasteiger partial charge in [-0.1, -0.05) is 19.3 Å². The van der Waals surface area contributed by atoms with Crippen LogP contribution in [0.3, 0.4) is 0 Å². The van der Waals surface area contributed by atoms with Crippen LogP contribution < -0.4 is 0 Å². The van der Waals surface area contributed by atoms with Crippen LogP contribution in [0.1, 0.15) is 45.4 Å². The van der Waals surface area contributed by atoms with Crippen molar-refractivity contribution in [2.45, 2.75) is 51.6 Å². The second kappa shape index (κ2) is 3.99. The van der Waals surface area contributed by atoms with E-state index in [4.69, 9.17) is 4.74 Å². The topological polar surface area (TPSA) is 26.3 Å². The van der Waals surface area contributed by atoms with Crippen LogP contribution >= 0.6 is 0 Å². The maximum absolute atomic E-state index is 11.7. The molecule has 0 bridgehead atoms. The Hall–Kier alpha value is -0.630. The molecule has 16 heavy (non-hydrogen) atoms. The maximum Gasteiger partial charge on any atom is 0.159 e. The molecule has 0 aromatic carbocycles. The lowest BCUT2D eigenvalue weighted by molar-refractivity contribution is -0.115. The minimum absolute atomic E-state index is 0.289. The lowest BCUT2D eigenvalue weighted by atomic mass is 9.81. The molecule has 0 spiro atoms. The summed E-state index contributed by atoms with van der Waals surface area (Å²) in [5, 5.41) is 0. The summed E-state index contributed by atoms with van der Waals surface area (Å²) in [6.07, 6.45) is 7.65. The molecule has 2 nitrogen and oxygen atoms in total. The zero-order chi connectivity index (χ0) is 11.1. The molecule has 0 aromatic heterocycles. The quantitative estimate of drug-likeness (QED) is 0.679. The molecule has 3 rings (SSSR count). The number of hydrogen-bond donors (Lipinski definition) is 0. The van der Waals surface area contributed by atoms with E-state index in [2.05, 4.69) is 0 Å². The van der Waals surface area contributed by atoms with Crippen molar-refractivity contribution in [3.63, 3.8) is 0 Å². The van der Waals surface area contributed by atoms with Crippen LogP contribution in [0.25, 0.3) is 0 Å². The van der Waals surface area contributed by atoms with E-state index < -0.39 is 0 Å². The summed E-state index contributed by atoms with van der Waals surface area (Å²) >= 11 is 0. The molecular formula is C14H20O2. The van der Waals surface area contributed by atoms with Gasteiger partial charge in [-0.3, -0.25) is 4.79 Å². The van der Waals surface area contributed by atoms with Gasteiger partial charge in [0, 0.05) is 12.3 Å². The van der Waals surface area contributed by atoms with E-state index in [0.29, 0.717) is 24.0 Å². The van der Waals surface area contributed by atoms with Crippen LogP contribution in [0, 0.1) is 11.8 Å². The largest absolute Gasteiger partial charge is 0.373 e. The van der Waals surface area contributed by atoms with Crippen molar-refractivity contribution in [2.24, 2.45) is 11.8 Å². The number of fused-ring (bicyclic) bond motifs is 1. The monoisotopic (exact) mass is 220 g/mol. The molecule has 1 saturated heterocycles. The number of ether oxygens (including phenoxy) is 1. The van der Waals surface area contributed by atoms with Crippen molar-refractivity contribution in [1.82, 2.24) is 0 Å². The molecule has 0 aromatic rings. The van der Waals surface area contributed by atoms with Crippen molar-refractivity contribution in [1.29, 1.82) is 0 Å². The van der Waals surface area contributed by atoms with Crippen molar-refractivity contribution < 1.29 is 9.53 Å². The van der Waals surface area contributed by atoms with Crippen LogP contribution in [0.5, 0.6) is 0 Å². The van der Waals surface area contributed by atoms with Crippen LogP contribution in [-0.4, -0.2) is 18.5 Å². The zero-order valence-corrected chi connectivity index (χ0v) is 10.00. The van der Waals surface area contributed by atoms with E-state index in [1.165, 1.54) is 37.7 Å². The Morgan fingerprint density at radius 1 is 1.19 bits per heavy atom. The second-order valence-corrected chi connectivity index (χ2v) is 5.56. The van der Waals surface area contributed by atoms with E-state index in [9.17, 15) is 4.79 Å².